The van der Waals surface area contributed by atoms with Gasteiger partial charge in [0.1, 0.15) is 24.4 Å². The molecule has 1 amide bonds. The van der Waals surface area contributed by atoms with Crippen LogP contribution in [-0.2, 0) is 14.3 Å². The highest BCUT2D eigenvalue weighted by Crippen LogP contribution is 2.23. The standard InChI is InChI=1S/C49H93NO8/c1-3-5-7-9-11-13-15-17-19-20-21-22-23-24-25-27-29-31-33-35-37-39-45(53)50-42(41-57-49-48(56)47(55)46(54)44(40-51)58-49)43(52)38-36-34-32-30-28-26-18-16-14-12-10-8-6-4-2/h22-23,36,38,42-44,46-49,51-52,54-56H,3-21,24-35,37,39-41H2,1-2H3,(H,50,53)/b23-22-,38-36+. The minimum atomic E-state index is -1.56. The van der Waals surface area contributed by atoms with Gasteiger partial charge < -0.3 is 40.3 Å². The molecule has 0 bridgehead atoms. The number of hydrogen-bond acceptors (Lipinski definition) is 8. The summed E-state index contributed by atoms with van der Waals surface area (Å²) in [7, 11) is 0. The summed E-state index contributed by atoms with van der Waals surface area (Å²) >= 11 is 0. The lowest BCUT2D eigenvalue weighted by atomic mass is 9.99. The van der Waals surface area contributed by atoms with Gasteiger partial charge in [-0.15, -0.1) is 0 Å². The van der Waals surface area contributed by atoms with Crippen LogP contribution in [0.4, 0.5) is 0 Å². The minimum Gasteiger partial charge on any atom is -0.394 e. The van der Waals surface area contributed by atoms with Gasteiger partial charge >= 0.3 is 0 Å². The average molecular weight is 824 g/mol. The smallest absolute Gasteiger partial charge is 0.220 e. The van der Waals surface area contributed by atoms with E-state index in [4.69, 9.17) is 9.47 Å². The lowest BCUT2D eigenvalue weighted by Crippen LogP contribution is -2.60. The van der Waals surface area contributed by atoms with Crippen molar-refractivity contribution in [3.8, 4) is 0 Å². The number of hydrogen-bond donors (Lipinski definition) is 6. The number of ether oxygens (including phenoxy) is 2. The largest absolute Gasteiger partial charge is 0.394 e. The van der Waals surface area contributed by atoms with Gasteiger partial charge in [-0.05, 0) is 44.9 Å². The van der Waals surface area contributed by atoms with E-state index < -0.39 is 49.5 Å². The Morgan fingerprint density at radius 2 is 0.966 bits per heavy atom. The van der Waals surface area contributed by atoms with E-state index in [1.807, 2.05) is 6.08 Å². The van der Waals surface area contributed by atoms with E-state index in [9.17, 15) is 30.3 Å². The predicted molar refractivity (Wildman–Crippen MR) is 240 cm³/mol. The van der Waals surface area contributed by atoms with Crippen LogP contribution in [0.1, 0.15) is 226 Å². The van der Waals surface area contributed by atoms with Crippen molar-refractivity contribution in [3.05, 3.63) is 24.3 Å². The third kappa shape index (κ3) is 29.8. The van der Waals surface area contributed by atoms with Gasteiger partial charge in [-0.1, -0.05) is 199 Å². The lowest BCUT2D eigenvalue weighted by Gasteiger charge is -2.40. The predicted octanol–water partition coefficient (Wildman–Crippen LogP) is 10.7. The Labute approximate surface area is 356 Å². The topological polar surface area (TPSA) is 149 Å². The summed E-state index contributed by atoms with van der Waals surface area (Å²) < 4.78 is 11.2. The van der Waals surface area contributed by atoms with Crippen LogP contribution in [-0.4, -0.2) is 87.5 Å². The monoisotopic (exact) mass is 824 g/mol. The van der Waals surface area contributed by atoms with Gasteiger partial charge in [0.05, 0.1) is 25.4 Å². The fraction of sp³-hybridized carbons (Fsp3) is 0.898. The van der Waals surface area contributed by atoms with E-state index in [0.29, 0.717) is 6.42 Å². The molecule has 0 aromatic rings. The van der Waals surface area contributed by atoms with Gasteiger partial charge in [-0.2, -0.15) is 0 Å². The van der Waals surface area contributed by atoms with E-state index in [-0.39, 0.29) is 12.5 Å². The lowest BCUT2D eigenvalue weighted by molar-refractivity contribution is -0.302. The maximum atomic E-state index is 13.0. The molecule has 1 saturated heterocycles. The molecule has 1 rings (SSSR count). The molecule has 0 aliphatic carbocycles. The Morgan fingerprint density at radius 3 is 1.40 bits per heavy atom. The van der Waals surface area contributed by atoms with Crippen molar-refractivity contribution in [1.82, 2.24) is 5.32 Å². The number of unbranched alkanes of at least 4 members (excludes halogenated alkanes) is 29. The highest BCUT2D eigenvalue weighted by molar-refractivity contribution is 5.76. The third-order valence-corrected chi connectivity index (χ3v) is 11.8. The number of carbonyl (C=O) groups excluding carboxylic acids is 1. The second kappa shape index (κ2) is 39.8. The Balaban J connectivity index is 2.30. The summed E-state index contributed by atoms with van der Waals surface area (Å²) in [4.78, 5) is 13.0. The fourth-order valence-electron chi connectivity index (χ4n) is 7.80. The maximum absolute atomic E-state index is 13.0. The van der Waals surface area contributed by atoms with E-state index in [0.717, 1.165) is 38.5 Å². The number of rotatable bonds is 41. The second-order valence-corrected chi connectivity index (χ2v) is 17.3. The Hall–Kier alpha value is -1.33. The number of amides is 1. The minimum absolute atomic E-state index is 0.180. The molecule has 0 aromatic heterocycles. The van der Waals surface area contributed by atoms with E-state index >= 15 is 0 Å². The molecular weight excluding hydrogens is 731 g/mol. The van der Waals surface area contributed by atoms with Crippen LogP contribution in [0.25, 0.3) is 0 Å². The molecule has 1 heterocycles. The van der Waals surface area contributed by atoms with Crippen LogP contribution in [0.15, 0.2) is 24.3 Å². The van der Waals surface area contributed by atoms with Crippen molar-refractivity contribution in [2.24, 2.45) is 0 Å². The zero-order valence-electron chi connectivity index (χ0n) is 37.6. The molecule has 0 aromatic carbocycles. The highest BCUT2D eigenvalue weighted by atomic mass is 16.7. The van der Waals surface area contributed by atoms with Crippen LogP contribution in [0.2, 0.25) is 0 Å². The van der Waals surface area contributed by atoms with Crippen LogP contribution in [0.3, 0.4) is 0 Å². The number of carbonyl (C=O) groups is 1. The molecule has 7 atom stereocenters. The molecule has 0 spiro atoms. The summed E-state index contributed by atoms with van der Waals surface area (Å²) in [5.41, 5.74) is 0. The molecule has 1 aliphatic heterocycles. The molecular formula is C49H93NO8. The van der Waals surface area contributed by atoms with Crippen LogP contribution < -0.4 is 5.32 Å². The van der Waals surface area contributed by atoms with Gasteiger partial charge in [-0.3, -0.25) is 4.79 Å². The van der Waals surface area contributed by atoms with Crippen molar-refractivity contribution < 1.29 is 39.8 Å². The molecule has 1 aliphatic rings. The Morgan fingerprint density at radius 1 is 0.569 bits per heavy atom. The molecule has 342 valence electrons. The quantitative estimate of drug-likeness (QED) is 0.0264. The fourth-order valence-corrected chi connectivity index (χ4v) is 7.80. The zero-order chi connectivity index (χ0) is 42.3. The van der Waals surface area contributed by atoms with Gasteiger partial charge in [0.15, 0.2) is 6.29 Å². The van der Waals surface area contributed by atoms with Crippen molar-refractivity contribution >= 4 is 5.91 Å². The Kier molecular flexibility index (Phi) is 37.5. The molecule has 1 fully saturated rings. The third-order valence-electron chi connectivity index (χ3n) is 11.8. The molecule has 58 heavy (non-hydrogen) atoms. The van der Waals surface area contributed by atoms with Crippen LogP contribution >= 0.6 is 0 Å². The van der Waals surface area contributed by atoms with E-state index in [2.05, 4.69) is 31.3 Å². The molecule has 6 N–H and O–H groups in total. The van der Waals surface area contributed by atoms with Gasteiger partial charge in [-0.25, -0.2) is 0 Å². The summed E-state index contributed by atoms with van der Waals surface area (Å²) in [5.74, 6) is -0.180. The first-order valence-electron chi connectivity index (χ1n) is 24.6. The SMILES string of the molecule is CCCCCCCCCCCC/C=C\CCCCCCCCCC(=O)NC(COC1OC(CO)C(O)C(O)C1O)C(O)/C=C/CCCCCCCCCCCCCC. The van der Waals surface area contributed by atoms with Crippen molar-refractivity contribution in [2.45, 2.75) is 269 Å². The molecule has 9 heteroatoms. The van der Waals surface area contributed by atoms with Crippen LogP contribution in [0, 0.1) is 0 Å². The summed E-state index contributed by atoms with van der Waals surface area (Å²) in [6, 6.07) is -0.804. The van der Waals surface area contributed by atoms with Crippen molar-refractivity contribution in [2.75, 3.05) is 13.2 Å². The second-order valence-electron chi connectivity index (χ2n) is 17.3. The average Bonchev–Trinajstić information content (AvgIpc) is 3.22. The Bertz CT molecular complexity index is 961. The maximum Gasteiger partial charge on any atom is 0.220 e. The number of allylic oxidation sites excluding steroid dienone is 3. The number of aliphatic hydroxyl groups excluding tert-OH is 5. The normalized spacial score (nSPS) is 21.0. The van der Waals surface area contributed by atoms with Crippen LogP contribution in [0.5, 0.6) is 0 Å². The first-order chi connectivity index (χ1) is 28.3. The van der Waals surface area contributed by atoms with Crippen molar-refractivity contribution in [1.29, 1.82) is 0 Å². The van der Waals surface area contributed by atoms with E-state index in [1.54, 1.807) is 6.08 Å². The van der Waals surface area contributed by atoms with E-state index in [1.165, 1.54) is 167 Å². The van der Waals surface area contributed by atoms with Crippen molar-refractivity contribution in [3.63, 3.8) is 0 Å². The number of aliphatic hydroxyl groups is 5. The van der Waals surface area contributed by atoms with Gasteiger partial charge in [0, 0.05) is 6.42 Å². The molecule has 9 nitrogen and oxygen atoms in total. The van der Waals surface area contributed by atoms with Gasteiger partial charge in [0.25, 0.3) is 0 Å². The molecule has 7 unspecified atom stereocenters. The summed E-state index contributed by atoms with van der Waals surface area (Å²) in [6.07, 6.45) is 40.8. The number of nitrogens with one attached hydrogen (secondary N) is 1. The van der Waals surface area contributed by atoms with Gasteiger partial charge in [0.2, 0.25) is 5.91 Å². The first kappa shape index (κ1) is 54.7. The summed E-state index contributed by atoms with van der Waals surface area (Å²) in [5, 5.41) is 54.2. The molecule has 0 radical (unpaired) electrons. The highest BCUT2D eigenvalue weighted by Gasteiger charge is 2.44. The molecule has 0 saturated carbocycles. The summed E-state index contributed by atoms with van der Waals surface area (Å²) in [6.45, 7) is 3.78. The zero-order valence-corrected chi connectivity index (χ0v) is 37.6. The first-order valence-corrected chi connectivity index (χ1v) is 24.6.